The average Bonchev–Trinajstić information content (AvgIpc) is 2.85. The second-order valence-corrected chi connectivity index (χ2v) is 6.20. The molecule has 1 atom stereocenters. The first kappa shape index (κ1) is 13.8. The maximum Gasteiger partial charge on any atom is 0.185 e. The number of thiazole rings is 1. The van der Waals surface area contributed by atoms with E-state index in [0.717, 1.165) is 13.0 Å². The highest BCUT2D eigenvalue weighted by atomic mass is 32.1. The molecule has 2 heterocycles. The Morgan fingerprint density at radius 3 is 2.89 bits per heavy atom. The number of piperidine rings is 1. The molecule has 1 aromatic heterocycles. The van der Waals surface area contributed by atoms with Gasteiger partial charge in [0.05, 0.1) is 5.69 Å². The van der Waals surface area contributed by atoms with Crippen LogP contribution in [0.2, 0.25) is 0 Å². The zero-order chi connectivity index (χ0) is 13.0. The SMILES string of the molecule is CCc1csc(N(CC2CCCCN2)C(C)C)n1. The van der Waals surface area contributed by atoms with Crippen molar-refractivity contribution in [2.24, 2.45) is 0 Å². The molecule has 3 nitrogen and oxygen atoms in total. The summed E-state index contributed by atoms with van der Waals surface area (Å²) >= 11 is 1.79. The Morgan fingerprint density at radius 2 is 2.33 bits per heavy atom. The fourth-order valence-electron chi connectivity index (χ4n) is 2.42. The smallest absolute Gasteiger partial charge is 0.185 e. The van der Waals surface area contributed by atoms with Crippen molar-refractivity contribution in [3.05, 3.63) is 11.1 Å². The van der Waals surface area contributed by atoms with Gasteiger partial charge in [0.1, 0.15) is 0 Å². The van der Waals surface area contributed by atoms with Crippen LogP contribution in [-0.4, -0.2) is 30.2 Å². The molecular weight excluding hydrogens is 242 g/mol. The Bertz CT molecular complexity index is 356. The maximum atomic E-state index is 4.73. The highest BCUT2D eigenvalue weighted by molar-refractivity contribution is 7.13. The molecule has 0 amide bonds. The summed E-state index contributed by atoms with van der Waals surface area (Å²) in [4.78, 5) is 7.18. The molecule has 1 saturated heterocycles. The first-order chi connectivity index (χ1) is 8.70. The maximum absolute atomic E-state index is 4.73. The highest BCUT2D eigenvalue weighted by Crippen LogP contribution is 2.24. The fourth-order valence-corrected chi connectivity index (χ4v) is 3.47. The molecule has 4 heteroatoms. The normalized spacial score (nSPS) is 20.3. The van der Waals surface area contributed by atoms with Crippen molar-refractivity contribution >= 4 is 16.5 Å². The largest absolute Gasteiger partial charge is 0.344 e. The van der Waals surface area contributed by atoms with Crippen LogP contribution in [0.4, 0.5) is 5.13 Å². The van der Waals surface area contributed by atoms with E-state index < -0.39 is 0 Å². The Hall–Kier alpha value is -0.610. The molecule has 1 aliphatic heterocycles. The third kappa shape index (κ3) is 3.45. The van der Waals surface area contributed by atoms with Crippen molar-refractivity contribution in [2.45, 2.75) is 58.5 Å². The Balaban J connectivity index is 2.02. The predicted octanol–water partition coefficient (Wildman–Crippen LogP) is 3.06. The molecule has 102 valence electrons. The van der Waals surface area contributed by atoms with Gasteiger partial charge in [-0.1, -0.05) is 13.3 Å². The molecule has 2 rings (SSSR count). The molecule has 1 aromatic rings. The molecule has 0 aromatic carbocycles. The summed E-state index contributed by atoms with van der Waals surface area (Å²) in [5.74, 6) is 0. The van der Waals surface area contributed by atoms with Gasteiger partial charge >= 0.3 is 0 Å². The quantitative estimate of drug-likeness (QED) is 0.888. The van der Waals surface area contributed by atoms with E-state index >= 15 is 0 Å². The third-order valence-corrected chi connectivity index (χ3v) is 4.53. The van der Waals surface area contributed by atoms with Gasteiger partial charge in [0.2, 0.25) is 0 Å². The molecule has 0 bridgehead atoms. The molecule has 1 unspecified atom stereocenters. The lowest BCUT2D eigenvalue weighted by Crippen LogP contribution is -2.46. The zero-order valence-electron chi connectivity index (χ0n) is 11.8. The first-order valence-corrected chi connectivity index (χ1v) is 8.03. The summed E-state index contributed by atoms with van der Waals surface area (Å²) in [5, 5.41) is 7.01. The van der Waals surface area contributed by atoms with Crippen LogP contribution in [0.5, 0.6) is 0 Å². The Kier molecular flexibility index (Phi) is 5.01. The molecule has 18 heavy (non-hydrogen) atoms. The van der Waals surface area contributed by atoms with Crippen molar-refractivity contribution in [3.63, 3.8) is 0 Å². The van der Waals surface area contributed by atoms with Crippen LogP contribution in [0.25, 0.3) is 0 Å². The number of anilines is 1. The summed E-state index contributed by atoms with van der Waals surface area (Å²) in [6.07, 6.45) is 5.02. The van der Waals surface area contributed by atoms with Crippen molar-refractivity contribution in [1.82, 2.24) is 10.3 Å². The van der Waals surface area contributed by atoms with Crippen LogP contribution in [-0.2, 0) is 6.42 Å². The van der Waals surface area contributed by atoms with Gasteiger partial charge in [-0.2, -0.15) is 0 Å². The van der Waals surface area contributed by atoms with Crippen molar-refractivity contribution < 1.29 is 0 Å². The number of hydrogen-bond acceptors (Lipinski definition) is 4. The number of nitrogens with zero attached hydrogens (tertiary/aromatic N) is 2. The lowest BCUT2D eigenvalue weighted by molar-refractivity contribution is 0.393. The average molecular weight is 267 g/mol. The molecule has 0 saturated carbocycles. The Labute approximate surface area is 115 Å². The second-order valence-electron chi connectivity index (χ2n) is 5.37. The third-order valence-electron chi connectivity index (χ3n) is 3.60. The first-order valence-electron chi connectivity index (χ1n) is 7.15. The van der Waals surface area contributed by atoms with E-state index in [4.69, 9.17) is 4.98 Å². The zero-order valence-corrected chi connectivity index (χ0v) is 12.6. The van der Waals surface area contributed by atoms with E-state index in [0.29, 0.717) is 12.1 Å². The molecule has 0 spiro atoms. The van der Waals surface area contributed by atoms with Crippen molar-refractivity contribution in [1.29, 1.82) is 0 Å². The topological polar surface area (TPSA) is 28.2 Å². The van der Waals surface area contributed by atoms with E-state index in [1.54, 1.807) is 11.3 Å². The molecule has 1 aliphatic rings. The number of nitrogens with one attached hydrogen (secondary N) is 1. The van der Waals surface area contributed by atoms with Crippen LogP contribution >= 0.6 is 11.3 Å². The minimum atomic E-state index is 0.518. The van der Waals surface area contributed by atoms with E-state index in [1.807, 2.05) is 0 Å². The summed E-state index contributed by atoms with van der Waals surface area (Å²) < 4.78 is 0. The van der Waals surface area contributed by atoms with Crippen LogP contribution in [0, 0.1) is 0 Å². The predicted molar refractivity (Wildman–Crippen MR) is 79.6 cm³/mol. The van der Waals surface area contributed by atoms with Crippen molar-refractivity contribution in [3.8, 4) is 0 Å². The van der Waals surface area contributed by atoms with Gasteiger partial charge in [0, 0.05) is 24.0 Å². The van der Waals surface area contributed by atoms with E-state index in [9.17, 15) is 0 Å². The summed E-state index contributed by atoms with van der Waals surface area (Å²) in [7, 11) is 0. The van der Waals surface area contributed by atoms with Gasteiger partial charge in [-0.05, 0) is 39.7 Å². The van der Waals surface area contributed by atoms with E-state index in [-0.39, 0.29) is 0 Å². The van der Waals surface area contributed by atoms with Gasteiger partial charge in [0.25, 0.3) is 0 Å². The molecule has 1 N–H and O–H groups in total. The summed E-state index contributed by atoms with van der Waals surface area (Å²) in [6, 6.07) is 1.15. The summed E-state index contributed by atoms with van der Waals surface area (Å²) in [5.41, 5.74) is 1.22. The second kappa shape index (κ2) is 6.53. The molecular formula is C14H25N3S. The van der Waals surface area contributed by atoms with Crippen molar-refractivity contribution in [2.75, 3.05) is 18.0 Å². The highest BCUT2D eigenvalue weighted by Gasteiger charge is 2.20. The van der Waals surface area contributed by atoms with Crippen LogP contribution in [0.3, 0.4) is 0 Å². The summed E-state index contributed by atoms with van der Waals surface area (Å²) in [6.45, 7) is 8.95. The van der Waals surface area contributed by atoms with Gasteiger partial charge in [-0.3, -0.25) is 0 Å². The molecule has 1 fully saturated rings. The molecule has 0 aliphatic carbocycles. The standard InChI is InChI=1S/C14H25N3S/c1-4-12-10-18-14(16-12)17(11(2)3)9-13-7-5-6-8-15-13/h10-11,13,15H,4-9H2,1-3H3. The van der Waals surface area contributed by atoms with Crippen LogP contribution in [0.15, 0.2) is 5.38 Å². The number of hydrogen-bond donors (Lipinski definition) is 1. The van der Waals surface area contributed by atoms with E-state index in [2.05, 4.69) is 36.4 Å². The van der Waals surface area contributed by atoms with E-state index in [1.165, 1.54) is 36.6 Å². The number of aryl methyl sites for hydroxylation is 1. The number of rotatable bonds is 5. The van der Waals surface area contributed by atoms with Crippen LogP contribution < -0.4 is 10.2 Å². The van der Waals surface area contributed by atoms with Crippen LogP contribution in [0.1, 0.15) is 45.7 Å². The van der Waals surface area contributed by atoms with Gasteiger partial charge in [-0.15, -0.1) is 11.3 Å². The lowest BCUT2D eigenvalue weighted by Gasteiger charge is -2.33. The van der Waals surface area contributed by atoms with Gasteiger partial charge < -0.3 is 10.2 Å². The molecule has 0 radical (unpaired) electrons. The lowest BCUT2D eigenvalue weighted by atomic mass is 10.0. The Morgan fingerprint density at radius 1 is 1.50 bits per heavy atom. The number of aromatic nitrogens is 1. The monoisotopic (exact) mass is 267 g/mol. The van der Waals surface area contributed by atoms with Gasteiger partial charge in [-0.25, -0.2) is 4.98 Å². The fraction of sp³-hybridized carbons (Fsp3) is 0.786. The van der Waals surface area contributed by atoms with Gasteiger partial charge in [0.15, 0.2) is 5.13 Å². The minimum absolute atomic E-state index is 0.518. The minimum Gasteiger partial charge on any atom is -0.344 e.